The van der Waals surface area contributed by atoms with Crippen LogP contribution in [0.5, 0.6) is 11.5 Å². The molecule has 1 amide bonds. The number of aromatic nitrogens is 1. The molecule has 3 rings (SSSR count). The van der Waals surface area contributed by atoms with Crippen molar-refractivity contribution in [2.45, 2.75) is 6.18 Å². The van der Waals surface area contributed by atoms with Gasteiger partial charge >= 0.3 is 12.1 Å². The number of rotatable bonds is 9. The lowest BCUT2D eigenvalue weighted by atomic mass is 10.3. The van der Waals surface area contributed by atoms with Crippen molar-refractivity contribution < 1.29 is 41.4 Å². The van der Waals surface area contributed by atoms with E-state index in [1.807, 2.05) is 0 Å². The van der Waals surface area contributed by atoms with Gasteiger partial charge in [-0.2, -0.15) is 13.2 Å². The van der Waals surface area contributed by atoms with Crippen molar-refractivity contribution in [3.8, 4) is 11.5 Å². The summed E-state index contributed by atoms with van der Waals surface area (Å²) in [5.41, 5.74) is -0.0573. The summed E-state index contributed by atoms with van der Waals surface area (Å²) in [6.45, 7) is 3.45. The molecule has 0 unspecified atom stereocenters. The molecule has 1 aromatic heterocycles. The van der Waals surface area contributed by atoms with Gasteiger partial charge in [-0.25, -0.2) is 14.2 Å². The lowest BCUT2D eigenvalue weighted by Crippen LogP contribution is -2.39. The zero-order chi connectivity index (χ0) is 24.6. The van der Waals surface area contributed by atoms with Gasteiger partial charge in [-0.05, 0) is 18.2 Å². The third-order valence-electron chi connectivity index (χ3n) is 4.58. The summed E-state index contributed by atoms with van der Waals surface area (Å²) in [4.78, 5) is 28.7. The van der Waals surface area contributed by atoms with Gasteiger partial charge in [0.25, 0.3) is 5.91 Å². The van der Waals surface area contributed by atoms with Crippen molar-refractivity contribution in [1.82, 2.24) is 9.88 Å². The highest BCUT2D eigenvalue weighted by atomic mass is 19.4. The Kier molecular flexibility index (Phi) is 8.60. The molecule has 1 fully saturated rings. The van der Waals surface area contributed by atoms with Crippen LogP contribution in [0.25, 0.3) is 0 Å². The fourth-order valence-corrected chi connectivity index (χ4v) is 2.94. The molecular formula is C21H22F4N4O5. The highest BCUT2D eigenvalue weighted by molar-refractivity contribution is 5.93. The summed E-state index contributed by atoms with van der Waals surface area (Å²) in [6, 6.07) is 6.57. The Morgan fingerprint density at radius 3 is 2.62 bits per heavy atom. The van der Waals surface area contributed by atoms with Gasteiger partial charge in [0.2, 0.25) is 0 Å². The standard InChI is InChI=1S/C21H22F4N4O5/c22-16-11-14(28-19(30)13-33-20(31)21(23,24)25)1-2-17(16)34-15-3-4-26-18(12-15)27-5-6-29-7-9-32-10-8-29/h1-4,11-12H,5-10,13H2,(H,26,27)(H,28,30). The molecule has 184 valence electrons. The minimum Gasteiger partial charge on any atom is -0.454 e. The van der Waals surface area contributed by atoms with E-state index in [4.69, 9.17) is 9.47 Å². The minimum atomic E-state index is -5.21. The summed E-state index contributed by atoms with van der Waals surface area (Å²) in [7, 11) is 0. The molecular weight excluding hydrogens is 464 g/mol. The van der Waals surface area contributed by atoms with Crippen LogP contribution in [0.3, 0.4) is 0 Å². The number of carbonyl (C=O) groups is 2. The molecule has 0 saturated carbocycles. The lowest BCUT2D eigenvalue weighted by molar-refractivity contribution is -0.199. The Morgan fingerprint density at radius 1 is 1.15 bits per heavy atom. The molecule has 34 heavy (non-hydrogen) atoms. The van der Waals surface area contributed by atoms with E-state index in [2.05, 4.69) is 25.3 Å². The number of halogens is 4. The monoisotopic (exact) mass is 486 g/mol. The maximum atomic E-state index is 14.4. The van der Waals surface area contributed by atoms with Gasteiger partial charge in [0.1, 0.15) is 11.6 Å². The second kappa shape index (κ2) is 11.6. The van der Waals surface area contributed by atoms with Crippen molar-refractivity contribution in [2.24, 2.45) is 0 Å². The number of benzene rings is 1. The largest absolute Gasteiger partial charge is 0.490 e. The van der Waals surface area contributed by atoms with Crippen LogP contribution in [0.4, 0.5) is 29.1 Å². The second-order valence-corrected chi connectivity index (χ2v) is 7.13. The molecule has 1 aliphatic heterocycles. The number of alkyl halides is 3. The summed E-state index contributed by atoms with van der Waals surface area (Å²) >= 11 is 0. The maximum absolute atomic E-state index is 14.4. The van der Waals surface area contributed by atoms with Gasteiger partial charge in [0, 0.05) is 50.2 Å². The second-order valence-electron chi connectivity index (χ2n) is 7.13. The molecule has 13 heteroatoms. The van der Waals surface area contributed by atoms with Crippen molar-refractivity contribution in [3.05, 3.63) is 42.3 Å². The lowest BCUT2D eigenvalue weighted by Gasteiger charge is -2.26. The van der Waals surface area contributed by atoms with Gasteiger partial charge in [-0.1, -0.05) is 0 Å². The number of anilines is 2. The molecule has 1 aliphatic rings. The fraction of sp³-hybridized carbons (Fsp3) is 0.381. The van der Waals surface area contributed by atoms with Crippen LogP contribution >= 0.6 is 0 Å². The molecule has 9 nitrogen and oxygen atoms in total. The first-order chi connectivity index (χ1) is 16.2. The van der Waals surface area contributed by atoms with Crippen LogP contribution < -0.4 is 15.4 Å². The van der Waals surface area contributed by atoms with E-state index in [1.165, 1.54) is 24.4 Å². The van der Waals surface area contributed by atoms with Crippen molar-refractivity contribution >= 4 is 23.4 Å². The number of hydrogen-bond acceptors (Lipinski definition) is 8. The van der Waals surface area contributed by atoms with E-state index < -0.39 is 30.5 Å². The normalized spacial score (nSPS) is 14.4. The van der Waals surface area contributed by atoms with Crippen LogP contribution in [0.2, 0.25) is 0 Å². The Morgan fingerprint density at radius 2 is 1.91 bits per heavy atom. The molecule has 2 heterocycles. The van der Waals surface area contributed by atoms with Gasteiger partial charge in [0.05, 0.1) is 13.2 Å². The minimum absolute atomic E-state index is 0.0573. The van der Waals surface area contributed by atoms with Crippen molar-refractivity contribution in [2.75, 3.05) is 56.6 Å². The first kappa shape index (κ1) is 25.2. The Hall–Kier alpha value is -3.45. The highest BCUT2D eigenvalue weighted by Crippen LogP contribution is 2.27. The summed E-state index contributed by atoms with van der Waals surface area (Å²) in [5, 5.41) is 5.30. The first-order valence-electron chi connectivity index (χ1n) is 10.2. The van der Waals surface area contributed by atoms with E-state index in [0.717, 1.165) is 25.7 Å². The number of pyridine rings is 1. The number of carbonyl (C=O) groups excluding carboxylic acids is 2. The van der Waals surface area contributed by atoms with E-state index in [0.29, 0.717) is 31.3 Å². The van der Waals surface area contributed by atoms with Crippen LogP contribution in [0.15, 0.2) is 36.5 Å². The average Bonchev–Trinajstić information content (AvgIpc) is 2.80. The predicted octanol–water partition coefficient (Wildman–Crippen LogP) is 2.80. The van der Waals surface area contributed by atoms with Gasteiger partial charge in [0.15, 0.2) is 18.2 Å². The Labute approximate surface area is 192 Å². The molecule has 0 spiro atoms. The van der Waals surface area contributed by atoms with Gasteiger partial charge < -0.3 is 24.8 Å². The number of amides is 1. The number of nitrogens with one attached hydrogen (secondary N) is 2. The van der Waals surface area contributed by atoms with Gasteiger partial charge in [-0.15, -0.1) is 0 Å². The molecule has 1 saturated heterocycles. The average molecular weight is 486 g/mol. The van der Waals surface area contributed by atoms with Crippen molar-refractivity contribution in [3.63, 3.8) is 0 Å². The topological polar surface area (TPSA) is 102 Å². The summed E-state index contributed by atoms with van der Waals surface area (Å²) < 4.78 is 65.3. The van der Waals surface area contributed by atoms with Crippen LogP contribution in [0, 0.1) is 5.82 Å². The summed E-state index contributed by atoms with van der Waals surface area (Å²) in [6.07, 6.45) is -3.71. The van der Waals surface area contributed by atoms with E-state index in [1.54, 1.807) is 6.07 Å². The number of morpholine rings is 1. The maximum Gasteiger partial charge on any atom is 0.490 e. The van der Waals surface area contributed by atoms with E-state index in [-0.39, 0.29) is 11.4 Å². The third kappa shape index (κ3) is 7.85. The molecule has 0 atom stereocenters. The zero-order valence-corrected chi connectivity index (χ0v) is 17.9. The number of nitrogens with zero attached hydrogens (tertiary/aromatic N) is 2. The van der Waals surface area contributed by atoms with Crippen LogP contribution in [0.1, 0.15) is 0 Å². The Bertz CT molecular complexity index is 999. The smallest absolute Gasteiger partial charge is 0.454 e. The molecule has 1 aromatic carbocycles. The number of esters is 1. The predicted molar refractivity (Wildman–Crippen MR) is 112 cm³/mol. The van der Waals surface area contributed by atoms with Crippen molar-refractivity contribution in [1.29, 1.82) is 0 Å². The summed E-state index contributed by atoms with van der Waals surface area (Å²) in [5.74, 6) is -3.67. The highest BCUT2D eigenvalue weighted by Gasteiger charge is 2.41. The zero-order valence-electron chi connectivity index (χ0n) is 17.9. The SMILES string of the molecule is O=C(COC(=O)C(F)(F)F)Nc1ccc(Oc2ccnc(NCCN3CCOCC3)c2)c(F)c1. The number of hydrogen-bond donors (Lipinski definition) is 2. The molecule has 2 N–H and O–H groups in total. The van der Waals surface area contributed by atoms with Crippen LogP contribution in [-0.2, 0) is 19.1 Å². The fourth-order valence-electron chi connectivity index (χ4n) is 2.94. The van der Waals surface area contributed by atoms with E-state index in [9.17, 15) is 27.2 Å². The Balaban J connectivity index is 1.50. The van der Waals surface area contributed by atoms with Gasteiger partial charge in [-0.3, -0.25) is 9.69 Å². The molecule has 0 radical (unpaired) electrons. The number of ether oxygens (including phenoxy) is 3. The molecule has 0 aliphatic carbocycles. The third-order valence-corrected chi connectivity index (χ3v) is 4.58. The first-order valence-corrected chi connectivity index (χ1v) is 10.2. The molecule has 0 bridgehead atoms. The quantitative estimate of drug-likeness (QED) is 0.412. The molecule has 2 aromatic rings. The van der Waals surface area contributed by atoms with Crippen LogP contribution in [-0.4, -0.2) is 73.9 Å². The van der Waals surface area contributed by atoms with E-state index >= 15 is 0 Å².